The van der Waals surface area contributed by atoms with E-state index in [1.807, 2.05) is 4.90 Å². The zero-order valence-corrected chi connectivity index (χ0v) is 13.4. The summed E-state index contributed by atoms with van der Waals surface area (Å²) in [7, 11) is 3.49. The molecule has 0 aliphatic carbocycles. The molecule has 0 N–H and O–H groups in total. The van der Waals surface area contributed by atoms with Gasteiger partial charge in [-0.3, -0.25) is 14.9 Å². The van der Waals surface area contributed by atoms with Gasteiger partial charge in [-0.15, -0.1) is 0 Å². The molecule has 2 aliphatic heterocycles. The molecule has 1 spiro atoms. The van der Waals surface area contributed by atoms with Crippen LogP contribution in [-0.2, 0) is 0 Å². The molecular formula is C16H21N3O4. The monoisotopic (exact) mass is 319 g/mol. The summed E-state index contributed by atoms with van der Waals surface area (Å²) < 4.78 is 5.04. The van der Waals surface area contributed by atoms with E-state index in [-0.39, 0.29) is 17.3 Å². The predicted molar refractivity (Wildman–Crippen MR) is 84.7 cm³/mol. The van der Waals surface area contributed by atoms with Crippen LogP contribution >= 0.6 is 0 Å². The Morgan fingerprint density at radius 3 is 2.48 bits per heavy atom. The Hall–Kier alpha value is -2.15. The molecule has 2 saturated heterocycles. The zero-order valence-electron chi connectivity index (χ0n) is 13.4. The van der Waals surface area contributed by atoms with Gasteiger partial charge >= 0.3 is 5.69 Å². The molecule has 2 heterocycles. The topological polar surface area (TPSA) is 75.9 Å². The molecule has 7 nitrogen and oxygen atoms in total. The van der Waals surface area contributed by atoms with E-state index in [1.54, 1.807) is 0 Å². The van der Waals surface area contributed by atoms with E-state index >= 15 is 0 Å². The minimum atomic E-state index is -0.509. The molecular weight excluding hydrogens is 298 g/mol. The number of ether oxygens (including phenoxy) is 1. The van der Waals surface area contributed by atoms with Crippen LogP contribution in [0.1, 0.15) is 23.2 Å². The summed E-state index contributed by atoms with van der Waals surface area (Å²) >= 11 is 0. The maximum Gasteiger partial charge on any atom is 0.310 e. The van der Waals surface area contributed by atoms with Gasteiger partial charge in [0.2, 0.25) is 0 Å². The second kappa shape index (κ2) is 5.81. The van der Waals surface area contributed by atoms with Gasteiger partial charge in [0.1, 0.15) is 0 Å². The van der Waals surface area contributed by atoms with Crippen molar-refractivity contribution in [2.75, 3.05) is 40.3 Å². The van der Waals surface area contributed by atoms with Crippen molar-refractivity contribution < 1.29 is 14.5 Å². The third-order valence-corrected chi connectivity index (χ3v) is 4.95. The molecule has 0 atom stereocenters. The summed E-state index contributed by atoms with van der Waals surface area (Å²) in [5.41, 5.74) is 0.701. The van der Waals surface area contributed by atoms with Crippen LogP contribution < -0.4 is 4.74 Å². The first kappa shape index (κ1) is 15.7. The van der Waals surface area contributed by atoms with Gasteiger partial charge in [-0.1, -0.05) is 0 Å². The average Bonchev–Trinajstić information content (AvgIpc) is 2.53. The Bertz CT molecular complexity index is 630. The van der Waals surface area contributed by atoms with Crippen molar-refractivity contribution in [1.82, 2.24) is 9.80 Å². The Kier molecular flexibility index (Phi) is 3.97. The maximum atomic E-state index is 12.6. The number of nitro benzene ring substituents is 1. The van der Waals surface area contributed by atoms with Crippen LogP contribution in [0, 0.1) is 15.5 Å². The van der Waals surface area contributed by atoms with Crippen LogP contribution in [0.4, 0.5) is 5.69 Å². The fraction of sp³-hybridized carbons (Fsp3) is 0.562. The van der Waals surface area contributed by atoms with Crippen LogP contribution in [0.15, 0.2) is 18.2 Å². The highest BCUT2D eigenvalue weighted by Gasteiger charge is 2.43. The van der Waals surface area contributed by atoms with Gasteiger partial charge in [-0.25, -0.2) is 0 Å². The average molecular weight is 319 g/mol. The highest BCUT2D eigenvalue weighted by molar-refractivity contribution is 5.95. The lowest BCUT2D eigenvalue weighted by Gasteiger charge is -2.52. The second-order valence-corrected chi connectivity index (χ2v) is 6.61. The van der Waals surface area contributed by atoms with Gasteiger partial charge < -0.3 is 14.5 Å². The van der Waals surface area contributed by atoms with Gasteiger partial charge in [-0.2, -0.15) is 0 Å². The van der Waals surface area contributed by atoms with Gasteiger partial charge in [0.15, 0.2) is 5.75 Å². The second-order valence-electron chi connectivity index (χ2n) is 6.61. The minimum Gasteiger partial charge on any atom is -0.490 e. The third-order valence-electron chi connectivity index (χ3n) is 4.95. The van der Waals surface area contributed by atoms with Crippen molar-refractivity contribution in [2.24, 2.45) is 5.41 Å². The Morgan fingerprint density at radius 1 is 1.30 bits per heavy atom. The largest absolute Gasteiger partial charge is 0.490 e. The SMILES string of the molecule is COc1cc(C(=O)N2CCC3(CC2)CN(C)C3)ccc1[N+](=O)[O-]. The summed E-state index contributed by atoms with van der Waals surface area (Å²) in [6.07, 6.45) is 2.04. The van der Waals surface area contributed by atoms with Crippen molar-refractivity contribution in [1.29, 1.82) is 0 Å². The molecule has 0 bridgehead atoms. The molecule has 0 aromatic heterocycles. The summed E-state index contributed by atoms with van der Waals surface area (Å²) in [5, 5.41) is 10.9. The van der Waals surface area contributed by atoms with E-state index in [4.69, 9.17) is 4.74 Å². The fourth-order valence-electron chi connectivity index (χ4n) is 3.74. The minimum absolute atomic E-state index is 0.0827. The fourth-order valence-corrected chi connectivity index (χ4v) is 3.74. The maximum absolute atomic E-state index is 12.6. The van der Waals surface area contributed by atoms with E-state index in [0.717, 1.165) is 39.0 Å². The number of benzene rings is 1. The zero-order chi connectivity index (χ0) is 16.6. The first-order valence-electron chi connectivity index (χ1n) is 7.74. The molecule has 7 heteroatoms. The molecule has 0 saturated carbocycles. The van der Waals surface area contributed by atoms with E-state index in [2.05, 4.69) is 11.9 Å². The molecule has 2 fully saturated rings. The third kappa shape index (κ3) is 2.88. The van der Waals surface area contributed by atoms with Gasteiger partial charge in [0.05, 0.1) is 12.0 Å². The number of nitrogens with zero attached hydrogens (tertiary/aromatic N) is 3. The number of piperidine rings is 1. The number of carbonyl (C=O) groups excluding carboxylic acids is 1. The van der Waals surface area contributed by atoms with Crippen LogP contribution in [0.5, 0.6) is 5.75 Å². The Morgan fingerprint density at radius 2 is 1.96 bits per heavy atom. The van der Waals surface area contributed by atoms with E-state index in [1.165, 1.54) is 25.3 Å². The molecule has 1 amide bonds. The number of nitro groups is 1. The molecule has 124 valence electrons. The number of methoxy groups -OCH3 is 1. The highest BCUT2D eigenvalue weighted by Crippen LogP contribution is 2.39. The van der Waals surface area contributed by atoms with Gasteiger partial charge in [0, 0.05) is 43.9 Å². The number of hydrogen-bond acceptors (Lipinski definition) is 5. The molecule has 1 aromatic carbocycles. The quantitative estimate of drug-likeness (QED) is 0.627. The number of likely N-dealkylation sites (tertiary alicyclic amines) is 2. The van der Waals surface area contributed by atoms with Crippen LogP contribution in [-0.4, -0.2) is 61.0 Å². The molecule has 0 unspecified atom stereocenters. The van der Waals surface area contributed by atoms with Crippen LogP contribution in [0.3, 0.4) is 0 Å². The predicted octanol–water partition coefficient (Wildman–Crippen LogP) is 1.77. The van der Waals surface area contributed by atoms with Crippen molar-refractivity contribution in [3.8, 4) is 5.75 Å². The molecule has 0 radical (unpaired) electrons. The van der Waals surface area contributed by atoms with Crippen LogP contribution in [0.25, 0.3) is 0 Å². The lowest BCUT2D eigenvalue weighted by Crippen LogP contribution is -2.59. The Labute approximate surface area is 135 Å². The van der Waals surface area contributed by atoms with Gasteiger partial charge in [0.25, 0.3) is 5.91 Å². The van der Waals surface area contributed by atoms with Crippen molar-refractivity contribution >= 4 is 11.6 Å². The summed E-state index contributed by atoms with van der Waals surface area (Å²) in [5.74, 6) is 0.0377. The molecule has 2 aliphatic rings. The molecule has 1 aromatic rings. The summed E-state index contributed by atoms with van der Waals surface area (Å²) in [6, 6.07) is 4.30. The standard InChI is InChI=1S/C16H21N3O4/c1-17-10-16(11-17)5-7-18(8-6-16)15(20)12-3-4-13(19(21)22)14(9-12)23-2/h3-4,9H,5-8,10-11H2,1-2H3. The smallest absolute Gasteiger partial charge is 0.310 e. The van der Waals surface area contributed by atoms with Crippen LogP contribution in [0.2, 0.25) is 0 Å². The van der Waals surface area contributed by atoms with Crippen molar-refractivity contribution in [3.63, 3.8) is 0 Å². The lowest BCUT2D eigenvalue weighted by molar-refractivity contribution is -0.385. The van der Waals surface area contributed by atoms with E-state index < -0.39 is 4.92 Å². The van der Waals surface area contributed by atoms with Gasteiger partial charge in [-0.05, 0) is 31.4 Å². The van der Waals surface area contributed by atoms with E-state index in [0.29, 0.717) is 11.0 Å². The summed E-state index contributed by atoms with van der Waals surface area (Å²) in [4.78, 5) is 27.2. The first-order chi connectivity index (χ1) is 10.9. The first-order valence-corrected chi connectivity index (χ1v) is 7.74. The molecule has 23 heavy (non-hydrogen) atoms. The normalized spacial score (nSPS) is 20.2. The summed E-state index contributed by atoms with van der Waals surface area (Å²) in [6.45, 7) is 3.71. The number of rotatable bonds is 3. The van der Waals surface area contributed by atoms with E-state index in [9.17, 15) is 14.9 Å². The number of hydrogen-bond donors (Lipinski definition) is 0. The van der Waals surface area contributed by atoms with Crippen molar-refractivity contribution in [3.05, 3.63) is 33.9 Å². The number of amides is 1. The highest BCUT2D eigenvalue weighted by atomic mass is 16.6. The Balaban J connectivity index is 1.70. The molecule has 3 rings (SSSR count). The number of carbonyl (C=O) groups is 1. The lowest BCUT2D eigenvalue weighted by atomic mass is 9.72. The van der Waals surface area contributed by atoms with Crippen molar-refractivity contribution in [2.45, 2.75) is 12.8 Å².